The van der Waals surface area contributed by atoms with Gasteiger partial charge in [0.25, 0.3) is 0 Å². The number of benzene rings is 1. The predicted octanol–water partition coefficient (Wildman–Crippen LogP) is 3.78. The lowest BCUT2D eigenvalue weighted by molar-refractivity contribution is -0.0445. The molecule has 5 rings (SSSR count). The number of hydrogen-bond acceptors (Lipinski definition) is 4. The van der Waals surface area contributed by atoms with E-state index in [1.807, 2.05) is 24.3 Å². The van der Waals surface area contributed by atoms with Gasteiger partial charge in [-0.25, -0.2) is 4.98 Å². The Morgan fingerprint density at radius 2 is 2.28 bits per heavy atom. The Bertz CT molecular complexity index is 810. The summed E-state index contributed by atoms with van der Waals surface area (Å²) in [4.78, 5) is 7.05. The molecule has 25 heavy (non-hydrogen) atoms. The molecular formula is C20H23IN2O2. The molecule has 3 saturated heterocycles. The van der Waals surface area contributed by atoms with Gasteiger partial charge in [-0.3, -0.25) is 4.90 Å². The average molecular weight is 450 g/mol. The topological polar surface area (TPSA) is 45.6 Å². The summed E-state index contributed by atoms with van der Waals surface area (Å²) in [5.41, 5.74) is 1.86. The van der Waals surface area contributed by atoms with E-state index in [-0.39, 0.29) is 6.04 Å². The lowest BCUT2D eigenvalue weighted by atomic mass is 9.73. The number of halogens is 1. The van der Waals surface area contributed by atoms with E-state index in [0.29, 0.717) is 11.8 Å². The number of piperidine rings is 3. The molecule has 2 unspecified atom stereocenters. The van der Waals surface area contributed by atoms with Crippen molar-refractivity contribution in [1.82, 2.24) is 9.88 Å². The second kappa shape index (κ2) is 6.85. The largest absolute Gasteiger partial charge is 0.497 e. The van der Waals surface area contributed by atoms with Crippen LogP contribution in [0.15, 0.2) is 36.9 Å². The highest BCUT2D eigenvalue weighted by molar-refractivity contribution is 14.1. The second-order valence-corrected chi connectivity index (χ2v) is 8.21. The maximum absolute atomic E-state index is 11.3. The van der Waals surface area contributed by atoms with Crippen molar-refractivity contribution in [3.63, 3.8) is 0 Å². The number of aliphatic hydroxyl groups is 1. The number of aromatic nitrogens is 1. The van der Waals surface area contributed by atoms with E-state index in [1.54, 1.807) is 7.11 Å². The molecule has 1 aromatic carbocycles. The first-order chi connectivity index (χ1) is 12.1. The fourth-order valence-electron chi connectivity index (χ4n) is 4.48. The first-order valence-corrected chi connectivity index (χ1v) is 9.87. The Labute approximate surface area is 162 Å². The number of hydrogen-bond donors (Lipinski definition) is 1. The third kappa shape index (κ3) is 3.06. The number of nitrogens with zero attached hydrogens (tertiary/aromatic N) is 2. The van der Waals surface area contributed by atoms with Crippen molar-refractivity contribution in [3.05, 3.63) is 46.2 Å². The van der Waals surface area contributed by atoms with Gasteiger partial charge in [0.05, 0.1) is 18.7 Å². The van der Waals surface area contributed by atoms with Crippen LogP contribution in [0.1, 0.15) is 24.5 Å². The molecule has 0 saturated carbocycles. The first-order valence-electron chi connectivity index (χ1n) is 8.79. The molecule has 0 aliphatic carbocycles. The molecule has 1 aromatic heterocycles. The van der Waals surface area contributed by atoms with Crippen LogP contribution in [0.25, 0.3) is 10.9 Å². The fraction of sp³-hybridized carbons (Fsp3) is 0.450. The number of rotatable bonds is 4. The van der Waals surface area contributed by atoms with Crippen LogP contribution in [0.3, 0.4) is 0 Å². The highest BCUT2D eigenvalue weighted by Crippen LogP contribution is 2.42. The molecule has 4 nitrogen and oxygen atoms in total. The zero-order chi connectivity index (χ0) is 17.6. The van der Waals surface area contributed by atoms with Crippen LogP contribution in [0.2, 0.25) is 0 Å². The standard InChI is InChI=1S/C20H23IN2O2/c1-3-12-11-23-7-6-13(12)8-18(23)20(24)16-10-19(21)22-17-5-4-14(25-2)9-15(16)17/h3-5,9-10,12-13,18,20,24H,1,6-8,11H2,2H3/t12-,13?,18-,20+/m0/s1. The minimum absolute atomic E-state index is 0.169. The minimum Gasteiger partial charge on any atom is -0.497 e. The molecule has 3 aliphatic heterocycles. The van der Waals surface area contributed by atoms with Crippen LogP contribution in [0, 0.1) is 15.5 Å². The highest BCUT2D eigenvalue weighted by atomic mass is 127. The smallest absolute Gasteiger partial charge is 0.119 e. The summed E-state index contributed by atoms with van der Waals surface area (Å²) in [5, 5.41) is 12.3. The third-order valence-electron chi connectivity index (χ3n) is 5.85. The molecule has 132 valence electrons. The molecule has 5 atom stereocenters. The molecule has 4 heterocycles. The van der Waals surface area contributed by atoms with Crippen molar-refractivity contribution in [2.45, 2.75) is 25.0 Å². The summed E-state index contributed by atoms with van der Waals surface area (Å²) in [6.45, 7) is 6.07. The van der Waals surface area contributed by atoms with Gasteiger partial charge in [0, 0.05) is 18.0 Å². The molecule has 0 spiro atoms. The van der Waals surface area contributed by atoms with Gasteiger partial charge < -0.3 is 9.84 Å². The van der Waals surface area contributed by atoms with Gasteiger partial charge in [-0.15, -0.1) is 6.58 Å². The lowest BCUT2D eigenvalue weighted by Gasteiger charge is -2.50. The Hall–Kier alpha value is -1.18. The molecule has 1 N–H and O–H groups in total. The van der Waals surface area contributed by atoms with E-state index in [9.17, 15) is 5.11 Å². The molecule has 2 aromatic rings. The predicted molar refractivity (Wildman–Crippen MR) is 108 cm³/mol. The quantitative estimate of drug-likeness (QED) is 0.438. The van der Waals surface area contributed by atoms with E-state index in [2.05, 4.69) is 45.1 Å². The van der Waals surface area contributed by atoms with Crippen molar-refractivity contribution < 1.29 is 9.84 Å². The van der Waals surface area contributed by atoms with Crippen molar-refractivity contribution in [1.29, 1.82) is 0 Å². The summed E-state index contributed by atoms with van der Waals surface area (Å²) in [5.74, 6) is 2.00. The van der Waals surface area contributed by atoms with Gasteiger partial charge in [-0.1, -0.05) is 6.08 Å². The number of aliphatic hydroxyl groups excluding tert-OH is 1. The van der Waals surface area contributed by atoms with Gasteiger partial charge in [-0.2, -0.15) is 0 Å². The van der Waals surface area contributed by atoms with E-state index in [0.717, 1.165) is 45.4 Å². The molecule has 0 amide bonds. The molecular weight excluding hydrogens is 427 g/mol. The summed E-state index contributed by atoms with van der Waals surface area (Å²) >= 11 is 2.23. The second-order valence-electron chi connectivity index (χ2n) is 7.11. The van der Waals surface area contributed by atoms with Crippen molar-refractivity contribution in [2.24, 2.45) is 11.8 Å². The molecule has 3 aliphatic rings. The van der Waals surface area contributed by atoms with Crippen LogP contribution in [0.5, 0.6) is 5.75 Å². The fourth-order valence-corrected chi connectivity index (χ4v) is 5.08. The Morgan fingerprint density at radius 1 is 1.44 bits per heavy atom. The summed E-state index contributed by atoms with van der Waals surface area (Å²) in [6, 6.07) is 8.06. The molecule has 5 heteroatoms. The number of ether oxygens (including phenoxy) is 1. The summed E-state index contributed by atoms with van der Waals surface area (Å²) in [7, 11) is 1.67. The maximum Gasteiger partial charge on any atom is 0.119 e. The van der Waals surface area contributed by atoms with E-state index < -0.39 is 6.10 Å². The van der Waals surface area contributed by atoms with Gasteiger partial charge in [0.15, 0.2) is 0 Å². The third-order valence-corrected chi connectivity index (χ3v) is 6.41. The maximum atomic E-state index is 11.3. The van der Waals surface area contributed by atoms with Gasteiger partial charge in [-0.05, 0) is 83.6 Å². The normalized spacial score (nSPS) is 29.6. The van der Waals surface area contributed by atoms with Crippen molar-refractivity contribution in [2.75, 3.05) is 20.2 Å². The SMILES string of the molecule is C=C[C@H]1CN2CCC1C[C@H]2[C@H](O)c1cc(I)nc2ccc(OC)cc12. The van der Waals surface area contributed by atoms with Gasteiger partial charge >= 0.3 is 0 Å². The molecule has 3 fully saturated rings. The monoisotopic (exact) mass is 450 g/mol. The van der Waals surface area contributed by atoms with Crippen LogP contribution in [-0.4, -0.2) is 41.2 Å². The molecule has 0 radical (unpaired) electrons. The van der Waals surface area contributed by atoms with Crippen LogP contribution in [-0.2, 0) is 0 Å². The minimum atomic E-state index is -0.514. The zero-order valence-corrected chi connectivity index (χ0v) is 16.5. The van der Waals surface area contributed by atoms with E-state index in [4.69, 9.17) is 4.74 Å². The Morgan fingerprint density at radius 3 is 2.96 bits per heavy atom. The zero-order valence-electron chi connectivity index (χ0n) is 14.4. The van der Waals surface area contributed by atoms with E-state index in [1.165, 1.54) is 6.42 Å². The molecule has 2 bridgehead atoms. The summed E-state index contributed by atoms with van der Waals surface area (Å²) < 4.78 is 6.28. The van der Waals surface area contributed by atoms with Crippen molar-refractivity contribution >= 4 is 33.5 Å². The van der Waals surface area contributed by atoms with Gasteiger partial charge in [0.2, 0.25) is 0 Å². The van der Waals surface area contributed by atoms with Crippen molar-refractivity contribution in [3.8, 4) is 5.75 Å². The van der Waals surface area contributed by atoms with Crippen LogP contribution >= 0.6 is 22.6 Å². The average Bonchev–Trinajstić information content (AvgIpc) is 2.66. The highest BCUT2D eigenvalue weighted by Gasteiger charge is 2.42. The Kier molecular flexibility index (Phi) is 4.73. The number of fused-ring (bicyclic) bond motifs is 4. The summed E-state index contributed by atoms with van der Waals surface area (Å²) in [6.07, 6.45) is 3.82. The van der Waals surface area contributed by atoms with Crippen LogP contribution < -0.4 is 4.74 Å². The lowest BCUT2D eigenvalue weighted by Crippen LogP contribution is -2.54. The Balaban J connectivity index is 1.73. The van der Waals surface area contributed by atoms with Crippen LogP contribution in [0.4, 0.5) is 0 Å². The number of methoxy groups -OCH3 is 1. The van der Waals surface area contributed by atoms with E-state index >= 15 is 0 Å². The number of pyridine rings is 1. The van der Waals surface area contributed by atoms with Gasteiger partial charge in [0.1, 0.15) is 9.45 Å². The first kappa shape index (κ1) is 17.2.